The standard InChI is InChI=1S/C22H28N6O2/c23-20(15-4-2-8-28(11-15)16-9-22(10-16)12-24-13-22)27-21(30)25-17-5-1-3-14-6-7-18(29)26-19(14)17/h1,3,5-7,15-16,24H,2,4,8-13H2,(H,26,29)(H3,23,25,27,30). The number of hydrogen-bond acceptors (Lipinski definition) is 4. The van der Waals surface area contributed by atoms with Crippen molar-refractivity contribution in [1.29, 1.82) is 0 Å². The van der Waals surface area contributed by atoms with Crippen molar-refractivity contribution in [2.75, 3.05) is 31.5 Å². The number of pyridine rings is 1. The Labute approximate surface area is 174 Å². The molecule has 2 aliphatic heterocycles. The molecule has 8 heteroatoms. The molecule has 2 saturated heterocycles. The summed E-state index contributed by atoms with van der Waals surface area (Å²) in [6.45, 7) is 4.29. The highest BCUT2D eigenvalue weighted by Gasteiger charge is 2.50. The Morgan fingerprint density at radius 2 is 2.07 bits per heavy atom. The Balaban J connectivity index is 1.24. The smallest absolute Gasteiger partial charge is 0.347 e. The number of carbonyl (C=O) groups is 1. The number of anilines is 1. The zero-order valence-electron chi connectivity index (χ0n) is 17.0. The lowest BCUT2D eigenvalue weighted by atomic mass is 9.61. The molecule has 8 nitrogen and oxygen atoms in total. The number of amidine groups is 1. The van der Waals surface area contributed by atoms with E-state index < -0.39 is 6.03 Å². The van der Waals surface area contributed by atoms with Gasteiger partial charge in [-0.2, -0.15) is 4.99 Å². The maximum Gasteiger partial charge on any atom is 0.347 e. The monoisotopic (exact) mass is 408 g/mol. The second-order valence-corrected chi connectivity index (χ2v) is 9.06. The number of amides is 2. The number of nitrogens with two attached hydrogens (primary N) is 1. The molecule has 3 aliphatic rings. The molecule has 3 heterocycles. The fourth-order valence-electron chi connectivity index (χ4n) is 5.18. The van der Waals surface area contributed by atoms with Crippen molar-refractivity contribution in [1.82, 2.24) is 15.2 Å². The van der Waals surface area contributed by atoms with Crippen LogP contribution in [0.3, 0.4) is 0 Å². The molecule has 1 aromatic carbocycles. The summed E-state index contributed by atoms with van der Waals surface area (Å²) in [5.74, 6) is 0.498. The van der Waals surface area contributed by atoms with Gasteiger partial charge in [-0.05, 0) is 49.8 Å². The van der Waals surface area contributed by atoms with E-state index in [0.717, 1.165) is 44.4 Å². The lowest BCUT2D eigenvalue weighted by molar-refractivity contribution is -0.0451. The first-order valence-electron chi connectivity index (χ1n) is 10.7. The van der Waals surface area contributed by atoms with Gasteiger partial charge in [0.25, 0.3) is 0 Å². The van der Waals surface area contributed by atoms with Crippen molar-refractivity contribution < 1.29 is 4.79 Å². The number of fused-ring (bicyclic) bond motifs is 1. The van der Waals surface area contributed by atoms with Crippen LogP contribution in [0, 0.1) is 11.3 Å². The van der Waals surface area contributed by atoms with E-state index in [1.807, 2.05) is 12.1 Å². The predicted octanol–water partition coefficient (Wildman–Crippen LogP) is 1.88. The Bertz CT molecular complexity index is 1050. The Kier molecular flexibility index (Phi) is 4.83. The number of urea groups is 1. The highest BCUT2D eigenvalue weighted by molar-refractivity contribution is 6.04. The van der Waals surface area contributed by atoms with Gasteiger partial charge < -0.3 is 21.4 Å². The minimum Gasteiger partial charge on any atom is -0.387 e. The van der Waals surface area contributed by atoms with Crippen LogP contribution in [0.2, 0.25) is 0 Å². The molecule has 1 unspecified atom stereocenters. The lowest BCUT2D eigenvalue weighted by Crippen LogP contribution is -2.66. The average Bonchev–Trinajstić information content (AvgIpc) is 2.66. The van der Waals surface area contributed by atoms with E-state index in [4.69, 9.17) is 5.73 Å². The molecule has 3 fully saturated rings. The van der Waals surface area contributed by atoms with E-state index in [-0.39, 0.29) is 11.5 Å². The number of nitrogens with zero attached hydrogens (tertiary/aromatic N) is 2. The number of aliphatic imine (C=N–C) groups is 1. The summed E-state index contributed by atoms with van der Waals surface area (Å²) in [4.78, 5) is 33.6. The zero-order valence-corrected chi connectivity index (χ0v) is 17.0. The molecule has 0 radical (unpaired) electrons. The first-order chi connectivity index (χ1) is 14.5. The van der Waals surface area contributed by atoms with Crippen LogP contribution in [0.4, 0.5) is 10.5 Å². The second-order valence-electron chi connectivity index (χ2n) is 9.06. The quantitative estimate of drug-likeness (QED) is 0.457. The molecule has 5 rings (SSSR count). The number of nitrogens with one attached hydrogen (secondary N) is 3. The number of benzene rings is 1. The van der Waals surface area contributed by atoms with E-state index in [0.29, 0.717) is 28.5 Å². The van der Waals surface area contributed by atoms with Crippen molar-refractivity contribution in [3.63, 3.8) is 0 Å². The van der Waals surface area contributed by atoms with Gasteiger partial charge in [0.2, 0.25) is 5.56 Å². The van der Waals surface area contributed by atoms with Crippen molar-refractivity contribution in [2.45, 2.75) is 31.7 Å². The third kappa shape index (κ3) is 3.61. The van der Waals surface area contributed by atoms with Crippen LogP contribution in [-0.4, -0.2) is 54.0 Å². The van der Waals surface area contributed by atoms with Gasteiger partial charge in [0.1, 0.15) is 5.84 Å². The molecule has 5 N–H and O–H groups in total. The number of H-pyrrole nitrogens is 1. The van der Waals surface area contributed by atoms with Crippen molar-refractivity contribution in [3.05, 3.63) is 40.7 Å². The first kappa shape index (κ1) is 19.3. The fourth-order valence-corrected chi connectivity index (χ4v) is 5.18. The van der Waals surface area contributed by atoms with E-state index in [9.17, 15) is 9.59 Å². The molecule has 1 aliphatic carbocycles. The number of rotatable bonds is 3. The summed E-state index contributed by atoms with van der Waals surface area (Å²) in [6, 6.07) is 8.76. The molecule has 1 aromatic heterocycles. The number of piperidine rings is 1. The number of aromatic amines is 1. The van der Waals surface area contributed by atoms with Crippen LogP contribution < -0.4 is 21.9 Å². The van der Waals surface area contributed by atoms with Crippen molar-refractivity contribution in [2.24, 2.45) is 22.1 Å². The van der Waals surface area contributed by atoms with E-state index >= 15 is 0 Å². The highest BCUT2D eigenvalue weighted by Crippen LogP contribution is 2.47. The molecule has 158 valence electrons. The molecule has 2 amide bonds. The third-order valence-corrected chi connectivity index (χ3v) is 6.96. The van der Waals surface area contributed by atoms with Gasteiger partial charge in [0, 0.05) is 43.0 Å². The fraction of sp³-hybridized carbons (Fsp3) is 0.500. The van der Waals surface area contributed by atoms with E-state index in [2.05, 4.69) is 25.5 Å². The normalized spacial score (nSPS) is 24.4. The van der Waals surface area contributed by atoms with Gasteiger partial charge in [-0.15, -0.1) is 0 Å². The summed E-state index contributed by atoms with van der Waals surface area (Å²) in [5.41, 5.74) is 7.68. The number of para-hydroxylation sites is 1. The predicted molar refractivity (Wildman–Crippen MR) is 118 cm³/mol. The molecular weight excluding hydrogens is 380 g/mol. The van der Waals surface area contributed by atoms with E-state index in [1.165, 1.54) is 18.9 Å². The van der Waals surface area contributed by atoms with Gasteiger partial charge in [-0.3, -0.25) is 9.69 Å². The minimum atomic E-state index is -0.509. The van der Waals surface area contributed by atoms with E-state index in [1.54, 1.807) is 12.1 Å². The molecule has 1 spiro atoms. The summed E-state index contributed by atoms with van der Waals surface area (Å²) < 4.78 is 0. The first-order valence-corrected chi connectivity index (χ1v) is 10.7. The summed E-state index contributed by atoms with van der Waals surface area (Å²) >= 11 is 0. The van der Waals surface area contributed by atoms with Crippen LogP contribution in [-0.2, 0) is 0 Å². The number of hydrogen-bond donors (Lipinski definition) is 4. The topological polar surface area (TPSA) is 116 Å². The maximum atomic E-state index is 12.5. The SMILES string of the molecule is N/C(=N\C(=O)Nc1cccc2ccc(=O)[nH]c12)C1CCCN(C2CC3(CNC3)C2)C1. The molecular formula is C22H28N6O2. The summed E-state index contributed by atoms with van der Waals surface area (Å²) in [5, 5.41) is 7.00. The minimum absolute atomic E-state index is 0.105. The summed E-state index contributed by atoms with van der Waals surface area (Å²) in [6.07, 6.45) is 4.57. The number of aromatic nitrogens is 1. The van der Waals surface area contributed by atoms with Crippen LogP contribution in [0.25, 0.3) is 10.9 Å². The third-order valence-electron chi connectivity index (χ3n) is 6.96. The van der Waals surface area contributed by atoms with Gasteiger partial charge in [-0.25, -0.2) is 4.79 Å². The largest absolute Gasteiger partial charge is 0.387 e. The van der Waals surface area contributed by atoms with Crippen LogP contribution in [0.1, 0.15) is 25.7 Å². The molecule has 1 saturated carbocycles. The van der Waals surface area contributed by atoms with Crippen LogP contribution >= 0.6 is 0 Å². The Morgan fingerprint density at radius 3 is 2.83 bits per heavy atom. The average molecular weight is 409 g/mol. The zero-order chi connectivity index (χ0) is 20.7. The summed E-state index contributed by atoms with van der Waals surface area (Å²) in [7, 11) is 0. The van der Waals surface area contributed by atoms with Crippen LogP contribution in [0.15, 0.2) is 40.1 Å². The van der Waals surface area contributed by atoms with Gasteiger partial charge in [-0.1, -0.05) is 12.1 Å². The van der Waals surface area contributed by atoms with Gasteiger partial charge in [0.05, 0.1) is 11.2 Å². The number of likely N-dealkylation sites (tertiary alicyclic amines) is 1. The molecule has 2 aromatic rings. The Hall–Kier alpha value is -2.71. The van der Waals surface area contributed by atoms with Gasteiger partial charge in [0.15, 0.2) is 0 Å². The maximum absolute atomic E-state index is 12.5. The van der Waals surface area contributed by atoms with Crippen molar-refractivity contribution in [3.8, 4) is 0 Å². The van der Waals surface area contributed by atoms with Crippen molar-refractivity contribution >= 4 is 28.5 Å². The molecule has 1 atom stereocenters. The Morgan fingerprint density at radius 1 is 1.23 bits per heavy atom. The molecule has 30 heavy (non-hydrogen) atoms. The van der Waals surface area contributed by atoms with Gasteiger partial charge >= 0.3 is 6.03 Å². The molecule has 0 bridgehead atoms. The number of carbonyl (C=O) groups excluding carboxylic acids is 1. The highest BCUT2D eigenvalue weighted by atomic mass is 16.2. The second kappa shape index (κ2) is 7.52. The lowest BCUT2D eigenvalue weighted by Gasteiger charge is -2.58. The van der Waals surface area contributed by atoms with Crippen LogP contribution in [0.5, 0.6) is 0 Å².